The summed E-state index contributed by atoms with van der Waals surface area (Å²) in [6.07, 6.45) is 0.194. The summed E-state index contributed by atoms with van der Waals surface area (Å²) >= 11 is 6.30. The monoisotopic (exact) mass is 427 g/mol. The molecular formula is C16H18BrN3O2S2. The Balaban J connectivity index is 1.90. The lowest BCUT2D eigenvalue weighted by atomic mass is 10.2. The molecule has 0 atom stereocenters. The molecule has 0 radical (unpaired) electrons. The van der Waals surface area contributed by atoms with Crippen LogP contribution in [0.4, 0.5) is 0 Å². The van der Waals surface area contributed by atoms with E-state index >= 15 is 0 Å². The van der Waals surface area contributed by atoms with Crippen LogP contribution in [0, 0.1) is 6.92 Å². The second kappa shape index (κ2) is 8.64. The average molecular weight is 428 g/mol. The molecular weight excluding hydrogens is 410 g/mol. The Morgan fingerprint density at radius 3 is 2.75 bits per heavy atom. The number of thioether (sulfide) groups is 1. The SMILES string of the molecule is Cc1nc(SCC(=O)N(C)Cc2ccccc2Br)sc1CC(N)=O. The van der Waals surface area contributed by atoms with E-state index in [0.717, 1.165) is 24.9 Å². The van der Waals surface area contributed by atoms with Gasteiger partial charge in [0.05, 0.1) is 17.9 Å². The molecule has 0 aliphatic carbocycles. The van der Waals surface area contributed by atoms with Crippen LogP contribution in [-0.4, -0.2) is 34.5 Å². The van der Waals surface area contributed by atoms with Crippen LogP contribution in [0.5, 0.6) is 0 Å². The maximum Gasteiger partial charge on any atom is 0.233 e. The van der Waals surface area contributed by atoms with E-state index in [1.165, 1.54) is 23.1 Å². The Kier molecular flexibility index (Phi) is 6.82. The molecule has 0 bridgehead atoms. The fraction of sp³-hybridized carbons (Fsp3) is 0.312. The summed E-state index contributed by atoms with van der Waals surface area (Å²) in [5, 5.41) is 0. The van der Waals surface area contributed by atoms with Gasteiger partial charge in [0.2, 0.25) is 11.8 Å². The molecule has 1 aromatic carbocycles. The zero-order valence-electron chi connectivity index (χ0n) is 13.4. The van der Waals surface area contributed by atoms with Gasteiger partial charge in [-0.1, -0.05) is 45.9 Å². The number of primary amides is 1. The molecule has 0 unspecified atom stereocenters. The van der Waals surface area contributed by atoms with E-state index in [4.69, 9.17) is 5.73 Å². The highest BCUT2D eigenvalue weighted by molar-refractivity contribution is 9.10. The van der Waals surface area contributed by atoms with Gasteiger partial charge in [0.25, 0.3) is 0 Å². The van der Waals surface area contributed by atoms with Crippen LogP contribution in [-0.2, 0) is 22.6 Å². The first-order valence-electron chi connectivity index (χ1n) is 7.21. The topological polar surface area (TPSA) is 76.3 Å². The van der Waals surface area contributed by atoms with E-state index in [9.17, 15) is 9.59 Å². The third-order valence-corrected chi connectivity index (χ3v) is 6.38. The number of halogens is 1. The quantitative estimate of drug-likeness (QED) is 0.688. The van der Waals surface area contributed by atoms with Gasteiger partial charge in [-0.2, -0.15) is 0 Å². The number of carbonyl (C=O) groups excluding carboxylic acids is 2. The minimum absolute atomic E-state index is 0.0278. The Labute approximate surface area is 157 Å². The fourth-order valence-electron chi connectivity index (χ4n) is 1.99. The van der Waals surface area contributed by atoms with Gasteiger partial charge in [0.15, 0.2) is 4.34 Å². The van der Waals surface area contributed by atoms with Gasteiger partial charge in [-0.15, -0.1) is 11.3 Å². The van der Waals surface area contributed by atoms with Crippen LogP contribution in [0.2, 0.25) is 0 Å². The van der Waals surface area contributed by atoms with E-state index < -0.39 is 0 Å². The third kappa shape index (κ3) is 5.32. The Morgan fingerprint density at radius 1 is 1.38 bits per heavy atom. The summed E-state index contributed by atoms with van der Waals surface area (Å²) < 4.78 is 1.77. The maximum absolute atomic E-state index is 12.3. The highest BCUT2D eigenvalue weighted by atomic mass is 79.9. The van der Waals surface area contributed by atoms with Gasteiger partial charge < -0.3 is 10.6 Å². The van der Waals surface area contributed by atoms with Crippen LogP contribution in [0.1, 0.15) is 16.1 Å². The molecule has 0 fully saturated rings. The number of rotatable bonds is 7. The average Bonchev–Trinajstić information content (AvgIpc) is 2.86. The molecule has 0 saturated carbocycles. The minimum Gasteiger partial charge on any atom is -0.369 e. The first-order valence-corrected chi connectivity index (χ1v) is 9.81. The number of hydrogen-bond acceptors (Lipinski definition) is 5. The molecule has 24 heavy (non-hydrogen) atoms. The lowest BCUT2D eigenvalue weighted by Crippen LogP contribution is -2.27. The highest BCUT2D eigenvalue weighted by Crippen LogP contribution is 2.28. The number of nitrogens with zero attached hydrogens (tertiary/aromatic N) is 2. The zero-order valence-corrected chi connectivity index (χ0v) is 16.6. The third-order valence-electron chi connectivity index (χ3n) is 3.32. The number of hydrogen-bond donors (Lipinski definition) is 1. The van der Waals surface area contributed by atoms with E-state index in [2.05, 4.69) is 20.9 Å². The van der Waals surface area contributed by atoms with Gasteiger partial charge in [0.1, 0.15) is 0 Å². The van der Waals surface area contributed by atoms with Crippen molar-refractivity contribution in [1.29, 1.82) is 0 Å². The predicted octanol–water partition coefficient (Wildman–Crippen LogP) is 2.99. The van der Waals surface area contributed by atoms with Crippen molar-refractivity contribution >= 4 is 50.8 Å². The van der Waals surface area contributed by atoms with Crippen LogP contribution < -0.4 is 5.73 Å². The molecule has 0 spiro atoms. The van der Waals surface area contributed by atoms with Crippen LogP contribution in [0.3, 0.4) is 0 Å². The summed E-state index contributed by atoms with van der Waals surface area (Å²) in [4.78, 5) is 30.3. The molecule has 0 saturated heterocycles. The van der Waals surface area contributed by atoms with Crippen molar-refractivity contribution in [2.24, 2.45) is 5.73 Å². The van der Waals surface area contributed by atoms with Crippen molar-refractivity contribution in [3.63, 3.8) is 0 Å². The first kappa shape index (κ1) is 19.0. The smallest absolute Gasteiger partial charge is 0.233 e. The Hall–Kier alpha value is -1.38. The Morgan fingerprint density at radius 2 is 2.08 bits per heavy atom. The summed E-state index contributed by atoms with van der Waals surface area (Å²) in [6, 6.07) is 7.84. The molecule has 2 aromatic rings. The number of amides is 2. The van der Waals surface area contributed by atoms with E-state index in [1.54, 1.807) is 11.9 Å². The van der Waals surface area contributed by atoms with Gasteiger partial charge >= 0.3 is 0 Å². The molecule has 2 rings (SSSR count). The fourth-order valence-corrected chi connectivity index (χ4v) is 4.58. The van der Waals surface area contributed by atoms with E-state index in [1.807, 2.05) is 31.2 Å². The first-order chi connectivity index (χ1) is 11.4. The van der Waals surface area contributed by atoms with Crippen molar-refractivity contribution < 1.29 is 9.59 Å². The number of nitrogens with two attached hydrogens (primary N) is 1. The van der Waals surface area contributed by atoms with Gasteiger partial charge in [-0.05, 0) is 18.6 Å². The second-order valence-electron chi connectivity index (χ2n) is 5.26. The summed E-state index contributed by atoms with van der Waals surface area (Å²) in [5.74, 6) is -0.0354. The molecule has 1 aromatic heterocycles. The van der Waals surface area contributed by atoms with Crippen molar-refractivity contribution in [2.45, 2.75) is 24.2 Å². The molecule has 1 heterocycles. The lowest BCUT2D eigenvalue weighted by molar-refractivity contribution is -0.127. The van der Waals surface area contributed by atoms with Gasteiger partial charge in [-0.25, -0.2) is 4.98 Å². The predicted molar refractivity (Wildman–Crippen MR) is 101 cm³/mol. The van der Waals surface area contributed by atoms with Crippen molar-refractivity contribution in [3.8, 4) is 0 Å². The standard InChI is InChI=1S/C16H18BrN3O2S2/c1-10-13(7-14(18)21)24-16(19-10)23-9-15(22)20(2)8-11-5-3-4-6-12(11)17/h3-6H,7-9H2,1-2H3,(H2,18,21). The number of thiazole rings is 1. The number of aromatic nitrogens is 1. The molecule has 2 N–H and O–H groups in total. The maximum atomic E-state index is 12.3. The van der Waals surface area contributed by atoms with Crippen LogP contribution in [0.25, 0.3) is 0 Å². The highest BCUT2D eigenvalue weighted by Gasteiger charge is 2.14. The molecule has 128 valence electrons. The van der Waals surface area contributed by atoms with Crippen molar-refractivity contribution in [2.75, 3.05) is 12.8 Å². The van der Waals surface area contributed by atoms with E-state index in [-0.39, 0.29) is 18.2 Å². The molecule has 2 amide bonds. The molecule has 0 aliphatic rings. The normalized spacial score (nSPS) is 10.6. The zero-order chi connectivity index (χ0) is 17.7. The second-order valence-corrected chi connectivity index (χ2v) is 8.42. The number of carbonyl (C=O) groups is 2. The van der Waals surface area contributed by atoms with E-state index in [0.29, 0.717) is 12.3 Å². The van der Waals surface area contributed by atoms with Gasteiger partial charge in [0, 0.05) is 22.9 Å². The summed E-state index contributed by atoms with van der Waals surface area (Å²) in [6.45, 7) is 2.39. The summed E-state index contributed by atoms with van der Waals surface area (Å²) in [7, 11) is 1.79. The van der Waals surface area contributed by atoms with Crippen molar-refractivity contribution in [3.05, 3.63) is 44.9 Å². The lowest BCUT2D eigenvalue weighted by Gasteiger charge is -2.17. The number of aryl methyl sites for hydroxylation is 1. The minimum atomic E-state index is -0.373. The van der Waals surface area contributed by atoms with Crippen molar-refractivity contribution in [1.82, 2.24) is 9.88 Å². The summed E-state index contributed by atoms with van der Waals surface area (Å²) in [5.41, 5.74) is 7.08. The Bertz CT molecular complexity index is 749. The van der Waals surface area contributed by atoms with Gasteiger partial charge in [-0.3, -0.25) is 9.59 Å². The molecule has 8 heteroatoms. The number of benzene rings is 1. The molecule has 0 aliphatic heterocycles. The van der Waals surface area contributed by atoms with Crippen LogP contribution in [0.15, 0.2) is 33.1 Å². The van der Waals surface area contributed by atoms with Crippen LogP contribution >= 0.6 is 39.0 Å². The molecule has 5 nitrogen and oxygen atoms in total. The largest absolute Gasteiger partial charge is 0.369 e.